The third-order valence-corrected chi connectivity index (χ3v) is 3.12. The summed E-state index contributed by atoms with van der Waals surface area (Å²) in [6.07, 6.45) is 1.07. The Kier molecular flexibility index (Phi) is 5.26. The zero-order valence-electron chi connectivity index (χ0n) is 9.16. The van der Waals surface area contributed by atoms with Gasteiger partial charge >= 0.3 is 5.97 Å². The summed E-state index contributed by atoms with van der Waals surface area (Å²) in [5.74, 6) is 1.12. The van der Waals surface area contributed by atoms with Crippen LogP contribution in [0.4, 0.5) is 0 Å². The second-order valence-corrected chi connectivity index (χ2v) is 4.22. The topological polar surface area (TPSA) is 26.3 Å². The van der Waals surface area contributed by atoms with E-state index in [2.05, 4.69) is 35.9 Å². The van der Waals surface area contributed by atoms with E-state index in [1.54, 1.807) is 11.8 Å². The number of esters is 1. The van der Waals surface area contributed by atoms with Gasteiger partial charge in [0.25, 0.3) is 0 Å². The lowest BCUT2D eigenvalue weighted by Gasteiger charge is -2.02. The van der Waals surface area contributed by atoms with E-state index in [0.717, 1.165) is 12.2 Å². The highest BCUT2D eigenvalue weighted by Gasteiger charge is 2.00. The maximum Gasteiger partial charge on any atom is 0.315 e. The fraction of sp³-hybridized carbons (Fsp3) is 0.417. The Balaban J connectivity index is 2.34. The van der Waals surface area contributed by atoms with E-state index >= 15 is 0 Å². The summed E-state index contributed by atoms with van der Waals surface area (Å²) in [6.45, 7) is 2.14. The first kappa shape index (κ1) is 12.1. The molecule has 0 aromatic heterocycles. The normalized spacial score (nSPS) is 10.0. The average Bonchev–Trinajstić information content (AvgIpc) is 2.29. The molecule has 0 N–H and O–H groups in total. The molecule has 1 rings (SSSR count). The van der Waals surface area contributed by atoms with Gasteiger partial charge in [0.05, 0.1) is 12.9 Å². The van der Waals surface area contributed by atoms with Crippen molar-refractivity contribution in [2.45, 2.75) is 19.1 Å². The lowest BCUT2D eigenvalue weighted by molar-refractivity contribution is -0.137. The van der Waals surface area contributed by atoms with Crippen LogP contribution >= 0.6 is 11.8 Å². The standard InChI is InChI=1S/C12H16O2S/c1-3-10-4-6-11(7-5-10)8-15-9-12(13)14-2/h4-7H,3,8-9H2,1-2H3. The molecule has 3 heteroatoms. The molecule has 0 spiro atoms. The van der Waals surface area contributed by atoms with Crippen molar-refractivity contribution in [1.82, 2.24) is 0 Å². The van der Waals surface area contributed by atoms with Gasteiger partial charge in [-0.25, -0.2) is 0 Å². The van der Waals surface area contributed by atoms with E-state index in [1.165, 1.54) is 18.2 Å². The number of benzene rings is 1. The number of carbonyl (C=O) groups excluding carboxylic acids is 1. The fourth-order valence-corrected chi connectivity index (χ4v) is 2.00. The molecule has 82 valence electrons. The van der Waals surface area contributed by atoms with E-state index in [1.807, 2.05) is 0 Å². The van der Waals surface area contributed by atoms with Gasteiger partial charge in [0.2, 0.25) is 0 Å². The van der Waals surface area contributed by atoms with Crippen LogP contribution in [0.3, 0.4) is 0 Å². The molecule has 0 fully saturated rings. The lowest BCUT2D eigenvalue weighted by Crippen LogP contribution is -2.03. The molecular formula is C12H16O2S. The molecule has 0 unspecified atom stereocenters. The number of aryl methyl sites for hydroxylation is 1. The second kappa shape index (κ2) is 6.51. The summed E-state index contributed by atoms with van der Waals surface area (Å²) >= 11 is 1.58. The van der Waals surface area contributed by atoms with E-state index in [-0.39, 0.29) is 5.97 Å². The van der Waals surface area contributed by atoms with Gasteiger partial charge in [-0.2, -0.15) is 0 Å². The molecule has 1 aromatic rings. The van der Waals surface area contributed by atoms with Crippen molar-refractivity contribution in [2.24, 2.45) is 0 Å². The number of methoxy groups -OCH3 is 1. The number of ether oxygens (including phenoxy) is 1. The highest BCUT2D eigenvalue weighted by Crippen LogP contribution is 2.13. The molecule has 0 amide bonds. The highest BCUT2D eigenvalue weighted by molar-refractivity contribution is 7.99. The van der Waals surface area contributed by atoms with Crippen LogP contribution in [0.25, 0.3) is 0 Å². The maximum atomic E-state index is 10.9. The van der Waals surface area contributed by atoms with Gasteiger partial charge in [-0.1, -0.05) is 31.2 Å². The number of rotatable bonds is 5. The number of carbonyl (C=O) groups is 1. The molecule has 0 atom stereocenters. The zero-order valence-corrected chi connectivity index (χ0v) is 9.97. The summed E-state index contributed by atoms with van der Waals surface area (Å²) in [5.41, 5.74) is 2.60. The van der Waals surface area contributed by atoms with Crippen LogP contribution in [0.5, 0.6) is 0 Å². The molecule has 0 bridgehead atoms. The van der Waals surface area contributed by atoms with E-state index < -0.39 is 0 Å². The summed E-state index contributed by atoms with van der Waals surface area (Å²) < 4.78 is 4.56. The number of thioether (sulfide) groups is 1. The SMILES string of the molecule is CCc1ccc(CSCC(=O)OC)cc1. The summed E-state index contributed by atoms with van der Waals surface area (Å²) in [7, 11) is 1.42. The Hall–Kier alpha value is -0.960. The molecule has 0 aliphatic rings. The molecular weight excluding hydrogens is 208 g/mol. The van der Waals surface area contributed by atoms with E-state index in [0.29, 0.717) is 5.75 Å². The third-order valence-electron chi connectivity index (χ3n) is 2.15. The molecule has 0 saturated carbocycles. The Morgan fingerprint density at radius 1 is 1.27 bits per heavy atom. The molecule has 0 saturated heterocycles. The minimum Gasteiger partial charge on any atom is -0.468 e. The minimum absolute atomic E-state index is 0.162. The van der Waals surface area contributed by atoms with Crippen LogP contribution in [0.1, 0.15) is 18.1 Å². The quantitative estimate of drug-likeness (QED) is 0.719. The Bertz CT molecular complexity index is 306. The van der Waals surface area contributed by atoms with Crippen molar-refractivity contribution < 1.29 is 9.53 Å². The zero-order chi connectivity index (χ0) is 11.1. The third kappa shape index (κ3) is 4.38. The predicted octanol–water partition coefficient (Wildman–Crippen LogP) is 2.66. The molecule has 0 radical (unpaired) electrons. The van der Waals surface area contributed by atoms with E-state index in [4.69, 9.17) is 0 Å². The summed E-state index contributed by atoms with van der Waals surface area (Å²) in [4.78, 5) is 10.9. The van der Waals surface area contributed by atoms with Gasteiger partial charge in [0.15, 0.2) is 0 Å². The first-order valence-corrected chi connectivity index (χ1v) is 6.14. The molecule has 0 heterocycles. The average molecular weight is 224 g/mol. The van der Waals surface area contributed by atoms with Gasteiger partial charge in [-0.05, 0) is 17.5 Å². The van der Waals surface area contributed by atoms with Gasteiger partial charge in [-0.3, -0.25) is 4.79 Å². The van der Waals surface area contributed by atoms with Crippen molar-refractivity contribution in [3.63, 3.8) is 0 Å². The smallest absolute Gasteiger partial charge is 0.315 e. The van der Waals surface area contributed by atoms with Crippen molar-refractivity contribution in [1.29, 1.82) is 0 Å². The van der Waals surface area contributed by atoms with E-state index in [9.17, 15) is 4.79 Å². The summed E-state index contributed by atoms with van der Waals surface area (Å²) in [6, 6.07) is 8.49. The summed E-state index contributed by atoms with van der Waals surface area (Å²) in [5, 5.41) is 0. The monoisotopic (exact) mass is 224 g/mol. The van der Waals surface area contributed by atoms with Crippen LogP contribution in [-0.4, -0.2) is 18.8 Å². The lowest BCUT2D eigenvalue weighted by atomic mass is 10.1. The molecule has 15 heavy (non-hydrogen) atoms. The van der Waals surface area contributed by atoms with Crippen molar-refractivity contribution in [2.75, 3.05) is 12.9 Å². The van der Waals surface area contributed by atoms with Crippen LogP contribution < -0.4 is 0 Å². The Morgan fingerprint density at radius 3 is 2.40 bits per heavy atom. The number of hydrogen-bond donors (Lipinski definition) is 0. The van der Waals surface area contributed by atoms with Gasteiger partial charge in [0, 0.05) is 5.75 Å². The molecule has 0 aliphatic carbocycles. The van der Waals surface area contributed by atoms with Crippen LogP contribution in [-0.2, 0) is 21.7 Å². The first-order chi connectivity index (χ1) is 7.26. The van der Waals surface area contributed by atoms with Crippen LogP contribution in [0.2, 0.25) is 0 Å². The van der Waals surface area contributed by atoms with Crippen LogP contribution in [0.15, 0.2) is 24.3 Å². The molecule has 0 aliphatic heterocycles. The van der Waals surface area contributed by atoms with Crippen molar-refractivity contribution in [3.05, 3.63) is 35.4 Å². The fourth-order valence-electron chi connectivity index (χ4n) is 1.18. The Morgan fingerprint density at radius 2 is 1.87 bits per heavy atom. The van der Waals surface area contributed by atoms with Gasteiger partial charge in [0.1, 0.15) is 0 Å². The molecule has 1 aromatic carbocycles. The second-order valence-electron chi connectivity index (χ2n) is 3.24. The van der Waals surface area contributed by atoms with Crippen molar-refractivity contribution in [3.8, 4) is 0 Å². The minimum atomic E-state index is -0.162. The largest absolute Gasteiger partial charge is 0.468 e. The maximum absolute atomic E-state index is 10.9. The van der Waals surface area contributed by atoms with Crippen molar-refractivity contribution >= 4 is 17.7 Å². The van der Waals surface area contributed by atoms with Gasteiger partial charge in [-0.15, -0.1) is 11.8 Å². The number of hydrogen-bond acceptors (Lipinski definition) is 3. The van der Waals surface area contributed by atoms with Crippen LogP contribution in [0, 0.1) is 0 Å². The first-order valence-electron chi connectivity index (χ1n) is 4.98. The van der Waals surface area contributed by atoms with Gasteiger partial charge < -0.3 is 4.74 Å². The predicted molar refractivity (Wildman–Crippen MR) is 64.0 cm³/mol. The Labute approximate surface area is 95.0 Å². The molecule has 2 nitrogen and oxygen atoms in total. The highest BCUT2D eigenvalue weighted by atomic mass is 32.2.